The number of carbonyl (C=O) groups is 1. The molecule has 2 N–H and O–H groups in total. The summed E-state index contributed by atoms with van der Waals surface area (Å²) in [6.07, 6.45) is 2.62. The molecule has 0 saturated carbocycles. The molecule has 1 amide bonds. The van der Waals surface area contributed by atoms with Crippen LogP contribution in [0.25, 0.3) is 5.69 Å². The number of carbonyl (C=O) groups excluding carboxylic acids is 1. The van der Waals surface area contributed by atoms with Crippen LogP contribution < -0.4 is 5.32 Å². The Labute approximate surface area is 135 Å². The van der Waals surface area contributed by atoms with Crippen molar-refractivity contribution in [2.75, 3.05) is 13.2 Å². The van der Waals surface area contributed by atoms with E-state index in [2.05, 4.69) is 10.3 Å². The molecule has 0 bridgehead atoms. The van der Waals surface area contributed by atoms with E-state index in [0.717, 1.165) is 12.1 Å². The highest BCUT2D eigenvalue weighted by molar-refractivity contribution is 7.71. The van der Waals surface area contributed by atoms with Crippen molar-refractivity contribution in [2.24, 2.45) is 0 Å². The van der Waals surface area contributed by atoms with Gasteiger partial charge >= 0.3 is 0 Å². The van der Waals surface area contributed by atoms with Crippen molar-refractivity contribution in [3.05, 3.63) is 47.0 Å². The maximum absolute atomic E-state index is 12.3. The Morgan fingerprint density at radius 3 is 2.77 bits per heavy atom. The number of aromatic amines is 1. The second kappa shape index (κ2) is 7.91. The third-order valence-corrected chi connectivity index (χ3v) is 3.38. The number of nitrogens with zero attached hydrogens (tertiary/aromatic N) is 1. The summed E-state index contributed by atoms with van der Waals surface area (Å²) in [4.78, 5) is 15.2. The van der Waals surface area contributed by atoms with E-state index in [1.807, 2.05) is 44.2 Å². The first kappa shape index (κ1) is 16.5. The molecule has 5 nitrogen and oxygen atoms in total. The Hall–Kier alpha value is -1.92. The number of hydrogen-bond donors (Lipinski definition) is 2. The van der Waals surface area contributed by atoms with Gasteiger partial charge in [0.15, 0.2) is 4.77 Å². The Morgan fingerprint density at radius 1 is 1.36 bits per heavy atom. The average molecular weight is 319 g/mol. The zero-order valence-corrected chi connectivity index (χ0v) is 13.7. The molecule has 0 unspecified atom stereocenters. The van der Waals surface area contributed by atoms with Gasteiger partial charge < -0.3 is 15.0 Å². The van der Waals surface area contributed by atoms with Gasteiger partial charge in [-0.1, -0.05) is 18.2 Å². The minimum Gasteiger partial charge on any atom is -0.379 e. The van der Waals surface area contributed by atoms with Crippen molar-refractivity contribution in [1.29, 1.82) is 0 Å². The minimum atomic E-state index is -0.152. The van der Waals surface area contributed by atoms with Gasteiger partial charge in [-0.3, -0.25) is 9.36 Å². The smallest absolute Gasteiger partial charge is 0.269 e. The van der Waals surface area contributed by atoms with E-state index >= 15 is 0 Å². The second-order valence-corrected chi connectivity index (χ2v) is 5.57. The topological polar surface area (TPSA) is 59.0 Å². The van der Waals surface area contributed by atoms with Gasteiger partial charge in [-0.15, -0.1) is 0 Å². The summed E-state index contributed by atoms with van der Waals surface area (Å²) in [5.41, 5.74) is 1.36. The fourth-order valence-corrected chi connectivity index (χ4v) is 2.32. The molecule has 0 aliphatic rings. The molecule has 2 aromatic rings. The van der Waals surface area contributed by atoms with Gasteiger partial charge in [0.05, 0.1) is 6.10 Å². The highest BCUT2D eigenvalue weighted by Gasteiger charge is 2.13. The molecule has 0 aliphatic carbocycles. The number of H-pyrrole nitrogens is 1. The summed E-state index contributed by atoms with van der Waals surface area (Å²) >= 11 is 5.26. The highest BCUT2D eigenvalue weighted by atomic mass is 32.1. The Morgan fingerprint density at radius 2 is 2.09 bits per heavy atom. The molecule has 1 heterocycles. The van der Waals surface area contributed by atoms with Gasteiger partial charge in [-0.05, 0) is 44.6 Å². The first-order valence-electron chi connectivity index (χ1n) is 7.35. The number of rotatable bonds is 7. The van der Waals surface area contributed by atoms with E-state index < -0.39 is 0 Å². The van der Waals surface area contributed by atoms with Crippen LogP contribution >= 0.6 is 12.2 Å². The second-order valence-electron chi connectivity index (χ2n) is 5.18. The summed E-state index contributed by atoms with van der Waals surface area (Å²) in [6, 6.07) is 9.58. The normalized spacial score (nSPS) is 10.9. The molecule has 118 valence electrons. The quantitative estimate of drug-likeness (QED) is 0.609. The first-order valence-corrected chi connectivity index (χ1v) is 7.76. The van der Waals surface area contributed by atoms with Gasteiger partial charge in [-0.25, -0.2) is 0 Å². The molecule has 0 spiro atoms. The van der Waals surface area contributed by atoms with Crippen LogP contribution in [0.1, 0.15) is 30.8 Å². The van der Waals surface area contributed by atoms with Crippen LogP contribution in [0.15, 0.2) is 36.5 Å². The minimum absolute atomic E-state index is 0.152. The van der Waals surface area contributed by atoms with Gasteiger partial charge in [0.2, 0.25) is 0 Å². The first-order chi connectivity index (χ1) is 10.6. The lowest BCUT2D eigenvalue weighted by Crippen LogP contribution is -2.27. The number of hydrogen-bond acceptors (Lipinski definition) is 3. The molecular formula is C16H21N3O2S. The van der Waals surface area contributed by atoms with Gasteiger partial charge in [0.1, 0.15) is 5.69 Å². The SMILES string of the molecule is CC(C)OCCCNC(=O)c1c[nH]c(=S)n1-c1ccccc1. The van der Waals surface area contributed by atoms with Crippen LogP contribution in [0.2, 0.25) is 0 Å². The van der Waals surface area contributed by atoms with Crippen LogP contribution in [0, 0.1) is 4.77 Å². The molecule has 0 atom stereocenters. The van der Waals surface area contributed by atoms with E-state index in [1.165, 1.54) is 0 Å². The number of amides is 1. The number of aromatic nitrogens is 2. The zero-order chi connectivity index (χ0) is 15.9. The van der Waals surface area contributed by atoms with Gasteiger partial charge in [-0.2, -0.15) is 0 Å². The summed E-state index contributed by atoms with van der Waals surface area (Å²) in [5.74, 6) is -0.152. The monoisotopic (exact) mass is 319 g/mol. The molecule has 1 aromatic heterocycles. The average Bonchev–Trinajstić information content (AvgIpc) is 2.89. The van der Waals surface area contributed by atoms with Gasteiger partial charge in [0, 0.05) is 25.0 Å². The van der Waals surface area contributed by atoms with Crippen molar-refractivity contribution < 1.29 is 9.53 Å². The Balaban J connectivity index is 2.01. The summed E-state index contributed by atoms with van der Waals surface area (Å²) < 4.78 is 7.68. The van der Waals surface area contributed by atoms with E-state index in [-0.39, 0.29) is 12.0 Å². The summed E-state index contributed by atoms with van der Waals surface area (Å²) in [6.45, 7) is 5.19. The highest BCUT2D eigenvalue weighted by Crippen LogP contribution is 2.12. The molecule has 1 aromatic carbocycles. The van der Waals surface area contributed by atoms with Crippen LogP contribution in [-0.4, -0.2) is 34.7 Å². The van der Waals surface area contributed by atoms with E-state index in [1.54, 1.807) is 10.8 Å². The van der Waals surface area contributed by atoms with Gasteiger partial charge in [0.25, 0.3) is 5.91 Å². The van der Waals surface area contributed by atoms with Crippen LogP contribution in [0.5, 0.6) is 0 Å². The van der Waals surface area contributed by atoms with Crippen molar-refractivity contribution in [1.82, 2.24) is 14.9 Å². The van der Waals surface area contributed by atoms with Crippen molar-refractivity contribution in [3.8, 4) is 5.69 Å². The van der Waals surface area contributed by atoms with Crippen LogP contribution in [-0.2, 0) is 4.74 Å². The molecule has 0 saturated heterocycles. The predicted molar refractivity (Wildman–Crippen MR) is 89.0 cm³/mol. The lowest BCUT2D eigenvalue weighted by molar-refractivity contribution is 0.0756. The molecule has 22 heavy (non-hydrogen) atoms. The number of para-hydroxylation sites is 1. The fourth-order valence-electron chi connectivity index (χ4n) is 2.05. The third-order valence-electron chi connectivity index (χ3n) is 3.08. The summed E-state index contributed by atoms with van der Waals surface area (Å²) in [7, 11) is 0. The Kier molecular flexibility index (Phi) is 5.91. The van der Waals surface area contributed by atoms with E-state index in [9.17, 15) is 4.79 Å². The van der Waals surface area contributed by atoms with E-state index in [0.29, 0.717) is 23.6 Å². The largest absolute Gasteiger partial charge is 0.379 e. The molecule has 0 fully saturated rings. The maximum Gasteiger partial charge on any atom is 0.269 e. The number of ether oxygens (including phenoxy) is 1. The van der Waals surface area contributed by atoms with Crippen molar-refractivity contribution in [2.45, 2.75) is 26.4 Å². The van der Waals surface area contributed by atoms with E-state index in [4.69, 9.17) is 17.0 Å². The van der Waals surface area contributed by atoms with Crippen molar-refractivity contribution in [3.63, 3.8) is 0 Å². The predicted octanol–water partition coefficient (Wildman–Crippen LogP) is 3.08. The molecule has 0 aliphatic heterocycles. The maximum atomic E-state index is 12.3. The van der Waals surface area contributed by atoms with Crippen LogP contribution in [0.4, 0.5) is 0 Å². The molecular weight excluding hydrogens is 298 g/mol. The lowest BCUT2D eigenvalue weighted by atomic mass is 10.3. The molecule has 0 radical (unpaired) electrons. The number of benzene rings is 1. The zero-order valence-electron chi connectivity index (χ0n) is 12.8. The number of imidazole rings is 1. The van der Waals surface area contributed by atoms with Crippen LogP contribution in [0.3, 0.4) is 0 Å². The summed E-state index contributed by atoms with van der Waals surface area (Å²) in [5, 5.41) is 2.89. The Bertz CT molecular complexity index is 662. The fraction of sp³-hybridized carbons (Fsp3) is 0.375. The third kappa shape index (κ3) is 4.29. The standard InChI is InChI=1S/C16H21N3O2S/c1-12(2)21-10-6-9-17-15(20)14-11-18-16(22)19(14)13-7-4-3-5-8-13/h3-5,7-8,11-12H,6,9-10H2,1-2H3,(H,17,20)(H,18,22). The molecule has 2 rings (SSSR count). The molecule has 6 heteroatoms. The van der Waals surface area contributed by atoms with Crippen molar-refractivity contribution >= 4 is 18.1 Å². The lowest BCUT2D eigenvalue weighted by Gasteiger charge is -2.10. The number of nitrogens with one attached hydrogen (secondary N) is 2.